The number of carboxylic acids is 1. The molecule has 0 heterocycles. The van der Waals surface area contributed by atoms with E-state index in [0.29, 0.717) is 6.42 Å². The standard InChI is InChI=1S/C19H20N2O4/c20-13-7-12-16(19(24)25)21(17(22)14-8-3-1-4-9-14)18(23)15-10-5-2-6-11-15/h1-6,8-11,16H,7,12-13,20H2,(H,24,25). The summed E-state index contributed by atoms with van der Waals surface area (Å²) in [6.45, 7) is 0.274. The van der Waals surface area contributed by atoms with Crippen molar-refractivity contribution in [2.24, 2.45) is 5.73 Å². The second-order valence-electron chi connectivity index (χ2n) is 5.50. The van der Waals surface area contributed by atoms with Crippen LogP contribution < -0.4 is 5.73 Å². The summed E-state index contributed by atoms with van der Waals surface area (Å²) in [6, 6.07) is 15.1. The maximum Gasteiger partial charge on any atom is 0.326 e. The molecule has 2 rings (SSSR count). The number of amides is 2. The van der Waals surface area contributed by atoms with E-state index in [9.17, 15) is 19.5 Å². The van der Waals surface area contributed by atoms with Crippen molar-refractivity contribution in [3.8, 4) is 0 Å². The molecule has 0 aliphatic carbocycles. The van der Waals surface area contributed by atoms with Crippen LogP contribution in [0.25, 0.3) is 0 Å². The Morgan fingerprint density at radius 2 is 1.32 bits per heavy atom. The molecule has 0 saturated heterocycles. The van der Waals surface area contributed by atoms with Crippen molar-refractivity contribution in [3.63, 3.8) is 0 Å². The number of aliphatic carboxylic acids is 1. The summed E-state index contributed by atoms with van der Waals surface area (Å²) in [5, 5.41) is 9.57. The first kappa shape index (κ1) is 18.4. The van der Waals surface area contributed by atoms with E-state index in [4.69, 9.17) is 5.73 Å². The van der Waals surface area contributed by atoms with Gasteiger partial charge < -0.3 is 10.8 Å². The van der Waals surface area contributed by atoms with Crippen LogP contribution >= 0.6 is 0 Å². The van der Waals surface area contributed by atoms with Crippen LogP contribution in [0.1, 0.15) is 33.6 Å². The average Bonchev–Trinajstić information content (AvgIpc) is 2.65. The second-order valence-corrected chi connectivity index (χ2v) is 5.50. The fourth-order valence-electron chi connectivity index (χ4n) is 2.49. The SMILES string of the molecule is NCCCC(C(=O)O)N(C(=O)c1ccccc1)C(=O)c1ccccc1. The summed E-state index contributed by atoms with van der Waals surface area (Å²) in [7, 11) is 0. The van der Waals surface area contributed by atoms with Crippen molar-refractivity contribution in [1.82, 2.24) is 4.90 Å². The summed E-state index contributed by atoms with van der Waals surface area (Å²) >= 11 is 0. The van der Waals surface area contributed by atoms with E-state index < -0.39 is 23.8 Å². The van der Waals surface area contributed by atoms with Gasteiger partial charge in [0, 0.05) is 11.1 Å². The zero-order chi connectivity index (χ0) is 18.2. The molecule has 2 amide bonds. The van der Waals surface area contributed by atoms with Gasteiger partial charge in [-0.1, -0.05) is 36.4 Å². The van der Waals surface area contributed by atoms with Crippen LogP contribution in [0.15, 0.2) is 60.7 Å². The molecule has 6 heteroatoms. The number of nitrogens with two attached hydrogens (primary N) is 1. The highest BCUT2D eigenvalue weighted by Crippen LogP contribution is 2.17. The summed E-state index contributed by atoms with van der Waals surface area (Å²) in [6.07, 6.45) is 0.487. The Balaban J connectivity index is 2.44. The van der Waals surface area contributed by atoms with Gasteiger partial charge in [-0.25, -0.2) is 4.79 Å². The van der Waals surface area contributed by atoms with Crippen LogP contribution in [0.5, 0.6) is 0 Å². The largest absolute Gasteiger partial charge is 0.480 e. The summed E-state index contributed by atoms with van der Waals surface area (Å²) in [5.74, 6) is -2.51. The Kier molecular flexibility index (Phi) is 6.42. The first-order chi connectivity index (χ1) is 12.1. The Labute approximate surface area is 145 Å². The second kappa shape index (κ2) is 8.75. The van der Waals surface area contributed by atoms with Gasteiger partial charge in [0.15, 0.2) is 0 Å². The van der Waals surface area contributed by atoms with E-state index in [-0.39, 0.29) is 24.1 Å². The van der Waals surface area contributed by atoms with Gasteiger partial charge in [0.05, 0.1) is 0 Å². The Bertz CT molecular complexity index is 680. The fourth-order valence-corrected chi connectivity index (χ4v) is 2.49. The van der Waals surface area contributed by atoms with Gasteiger partial charge in [0.1, 0.15) is 6.04 Å². The zero-order valence-electron chi connectivity index (χ0n) is 13.7. The zero-order valence-corrected chi connectivity index (χ0v) is 13.7. The van der Waals surface area contributed by atoms with Gasteiger partial charge in [-0.2, -0.15) is 0 Å². The molecule has 0 aliphatic heterocycles. The van der Waals surface area contributed by atoms with Crippen LogP contribution in [-0.2, 0) is 4.79 Å². The van der Waals surface area contributed by atoms with Gasteiger partial charge >= 0.3 is 5.97 Å². The molecule has 0 spiro atoms. The number of hydrogen-bond acceptors (Lipinski definition) is 4. The summed E-state index contributed by atoms with van der Waals surface area (Å²) in [5.41, 5.74) is 5.98. The maximum absolute atomic E-state index is 12.9. The molecule has 0 aromatic heterocycles. The van der Waals surface area contributed by atoms with E-state index in [2.05, 4.69) is 0 Å². The molecular weight excluding hydrogens is 320 g/mol. The third kappa shape index (κ3) is 4.51. The molecule has 0 fully saturated rings. The molecule has 0 radical (unpaired) electrons. The van der Waals surface area contributed by atoms with E-state index in [1.54, 1.807) is 60.7 Å². The van der Waals surface area contributed by atoms with Crippen molar-refractivity contribution in [3.05, 3.63) is 71.8 Å². The third-order valence-electron chi connectivity index (χ3n) is 3.76. The summed E-state index contributed by atoms with van der Waals surface area (Å²) < 4.78 is 0. The van der Waals surface area contributed by atoms with Crippen LogP contribution in [0, 0.1) is 0 Å². The van der Waals surface area contributed by atoms with Crippen molar-refractivity contribution >= 4 is 17.8 Å². The monoisotopic (exact) mass is 340 g/mol. The number of rotatable bonds is 7. The van der Waals surface area contributed by atoms with E-state index in [1.165, 1.54) is 0 Å². The Morgan fingerprint density at radius 1 is 0.880 bits per heavy atom. The Morgan fingerprint density at radius 3 is 1.68 bits per heavy atom. The number of benzene rings is 2. The minimum Gasteiger partial charge on any atom is -0.480 e. The lowest BCUT2D eigenvalue weighted by Gasteiger charge is -2.27. The average molecular weight is 340 g/mol. The molecule has 0 aliphatic rings. The molecule has 0 bridgehead atoms. The van der Waals surface area contributed by atoms with E-state index in [0.717, 1.165) is 4.90 Å². The molecule has 0 saturated carbocycles. The smallest absolute Gasteiger partial charge is 0.326 e. The van der Waals surface area contributed by atoms with E-state index in [1.807, 2.05) is 0 Å². The van der Waals surface area contributed by atoms with Crippen LogP contribution in [0.3, 0.4) is 0 Å². The Hall–Kier alpha value is -2.99. The van der Waals surface area contributed by atoms with Crippen molar-refractivity contribution in [2.45, 2.75) is 18.9 Å². The predicted octanol–water partition coefficient (Wildman–Crippen LogP) is 2.16. The van der Waals surface area contributed by atoms with Gasteiger partial charge in [-0.3, -0.25) is 14.5 Å². The van der Waals surface area contributed by atoms with Crippen molar-refractivity contribution < 1.29 is 19.5 Å². The first-order valence-corrected chi connectivity index (χ1v) is 7.97. The highest BCUT2D eigenvalue weighted by molar-refractivity contribution is 6.12. The minimum atomic E-state index is -1.27. The fraction of sp³-hybridized carbons (Fsp3) is 0.211. The minimum absolute atomic E-state index is 0.100. The molecule has 2 aromatic rings. The lowest BCUT2D eigenvalue weighted by Crippen LogP contribution is -2.49. The molecule has 25 heavy (non-hydrogen) atoms. The topological polar surface area (TPSA) is 101 Å². The normalized spacial score (nSPS) is 11.6. The molecule has 1 atom stereocenters. The maximum atomic E-state index is 12.9. The van der Waals surface area contributed by atoms with Gasteiger partial charge in [0.25, 0.3) is 11.8 Å². The van der Waals surface area contributed by atoms with Crippen LogP contribution in [0.4, 0.5) is 0 Å². The number of imide groups is 1. The predicted molar refractivity (Wildman–Crippen MR) is 93.1 cm³/mol. The molecule has 3 N–H and O–H groups in total. The first-order valence-electron chi connectivity index (χ1n) is 7.97. The molecule has 1 unspecified atom stereocenters. The highest BCUT2D eigenvalue weighted by atomic mass is 16.4. The number of carboxylic acid groups (broad SMARTS) is 1. The van der Waals surface area contributed by atoms with E-state index >= 15 is 0 Å². The van der Waals surface area contributed by atoms with Crippen molar-refractivity contribution in [2.75, 3.05) is 6.54 Å². The number of nitrogens with zero attached hydrogens (tertiary/aromatic N) is 1. The summed E-state index contributed by atoms with van der Waals surface area (Å²) in [4.78, 5) is 38.3. The number of hydrogen-bond donors (Lipinski definition) is 2. The molecule has 6 nitrogen and oxygen atoms in total. The van der Waals surface area contributed by atoms with Crippen molar-refractivity contribution in [1.29, 1.82) is 0 Å². The molecule has 130 valence electrons. The lowest BCUT2D eigenvalue weighted by atomic mass is 10.1. The van der Waals surface area contributed by atoms with Gasteiger partial charge in [-0.05, 0) is 43.7 Å². The quantitative estimate of drug-likeness (QED) is 0.752. The number of carbonyl (C=O) groups excluding carboxylic acids is 2. The molecule has 2 aromatic carbocycles. The molecular formula is C19H20N2O4. The van der Waals surface area contributed by atoms with Crippen LogP contribution in [0.2, 0.25) is 0 Å². The van der Waals surface area contributed by atoms with Gasteiger partial charge in [-0.15, -0.1) is 0 Å². The lowest BCUT2D eigenvalue weighted by molar-refractivity contribution is -0.141. The highest BCUT2D eigenvalue weighted by Gasteiger charge is 2.35. The third-order valence-corrected chi connectivity index (χ3v) is 3.76. The van der Waals surface area contributed by atoms with Crippen LogP contribution in [-0.4, -0.2) is 40.4 Å². The van der Waals surface area contributed by atoms with Gasteiger partial charge in [0.2, 0.25) is 0 Å². The number of carbonyl (C=O) groups is 3.